The second-order valence-electron chi connectivity index (χ2n) is 13.3. The number of aliphatic hydroxyl groups is 1. The van der Waals surface area contributed by atoms with Crippen LogP contribution in [0.15, 0.2) is 34.4 Å². The van der Waals surface area contributed by atoms with E-state index in [1.807, 2.05) is 33.8 Å². The van der Waals surface area contributed by atoms with Crippen LogP contribution in [0, 0.1) is 34.0 Å². The molecule has 0 saturated heterocycles. The number of carbonyl (C=O) groups excluding carboxylic acids is 3. The van der Waals surface area contributed by atoms with Crippen LogP contribution >= 0.6 is 0 Å². The van der Waals surface area contributed by atoms with Crippen LogP contribution in [0.4, 0.5) is 0 Å². The van der Waals surface area contributed by atoms with E-state index in [4.69, 9.17) is 0 Å². The normalized spacial score (nSPS) is 32.0. The van der Waals surface area contributed by atoms with Crippen molar-refractivity contribution in [3.8, 4) is 0 Å². The molecule has 0 spiro atoms. The summed E-state index contributed by atoms with van der Waals surface area (Å²) >= 11 is 0. The Hall–Kier alpha value is -1.81. The van der Waals surface area contributed by atoms with Gasteiger partial charge in [0.1, 0.15) is 10.8 Å². The van der Waals surface area contributed by atoms with Gasteiger partial charge in [-0.05, 0) is 102 Å². The van der Waals surface area contributed by atoms with Gasteiger partial charge in [-0.2, -0.15) is 0 Å². The molecule has 0 amide bonds. The van der Waals surface area contributed by atoms with Crippen molar-refractivity contribution < 1.29 is 19.5 Å². The first-order valence-electron chi connectivity index (χ1n) is 13.3. The van der Waals surface area contributed by atoms with Gasteiger partial charge >= 0.3 is 0 Å². The van der Waals surface area contributed by atoms with Gasteiger partial charge in [0.15, 0.2) is 17.3 Å². The molecule has 4 nitrogen and oxygen atoms in total. The zero-order valence-electron chi connectivity index (χ0n) is 23.6. The molecule has 35 heavy (non-hydrogen) atoms. The van der Waals surface area contributed by atoms with Gasteiger partial charge in [-0.1, -0.05) is 51.0 Å². The van der Waals surface area contributed by atoms with Gasteiger partial charge in [0.2, 0.25) is 0 Å². The first kappa shape index (κ1) is 27.8. The summed E-state index contributed by atoms with van der Waals surface area (Å²) in [7, 11) is 0. The second kappa shape index (κ2) is 8.94. The molecule has 0 aliphatic heterocycles. The standard InChI is InChI=1S/C31H46O4/c1-18(2)11-12-21-17-30(25(32)20(5)6)24-16-22(29(9,10)35)15-23(24)26(33)31(27(30)34,28(21,7)8)14-13-19(3)4/h11,13,20-22,35H,12,14-17H2,1-10H3/t21-,22-,30-,31+/m0/s1. The van der Waals surface area contributed by atoms with Crippen LogP contribution in [0.2, 0.25) is 0 Å². The number of hydrogen-bond donors (Lipinski definition) is 1. The molecule has 1 N–H and O–H groups in total. The van der Waals surface area contributed by atoms with Gasteiger partial charge in [-0.15, -0.1) is 0 Å². The van der Waals surface area contributed by atoms with Crippen molar-refractivity contribution >= 4 is 17.3 Å². The summed E-state index contributed by atoms with van der Waals surface area (Å²) in [5, 5.41) is 10.9. The highest BCUT2D eigenvalue weighted by Crippen LogP contribution is 2.68. The molecule has 194 valence electrons. The highest BCUT2D eigenvalue weighted by Gasteiger charge is 2.74. The number of ketones is 3. The van der Waals surface area contributed by atoms with E-state index in [9.17, 15) is 19.5 Å². The second-order valence-corrected chi connectivity index (χ2v) is 13.3. The molecule has 2 bridgehead atoms. The monoisotopic (exact) mass is 482 g/mol. The number of fused-ring (bicyclic) bond motifs is 3. The summed E-state index contributed by atoms with van der Waals surface area (Å²) in [6, 6.07) is 0. The predicted octanol–water partition coefficient (Wildman–Crippen LogP) is 6.57. The molecule has 0 aromatic carbocycles. The fourth-order valence-electron chi connectivity index (χ4n) is 7.02. The number of Topliss-reactive ketones (excluding diaryl/α,β-unsaturated/α-hetero) is 3. The van der Waals surface area contributed by atoms with Crippen molar-refractivity contribution in [2.75, 3.05) is 0 Å². The van der Waals surface area contributed by atoms with Crippen LogP contribution in [0.1, 0.15) is 101 Å². The lowest BCUT2D eigenvalue weighted by Crippen LogP contribution is -2.68. The number of hydrogen-bond acceptors (Lipinski definition) is 4. The molecule has 1 saturated carbocycles. The number of carbonyl (C=O) groups is 3. The minimum Gasteiger partial charge on any atom is -0.390 e. The molecule has 3 aliphatic rings. The molecule has 4 atom stereocenters. The molecule has 3 rings (SSSR count). The average Bonchev–Trinajstić information content (AvgIpc) is 3.18. The Morgan fingerprint density at radius 2 is 1.63 bits per heavy atom. The third-order valence-corrected chi connectivity index (χ3v) is 9.46. The topological polar surface area (TPSA) is 71.4 Å². The summed E-state index contributed by atoms with van der Waals surface area (Å²) in [6.45, 7) is 19.5. The maximum atomic E-state index is 14.8. The van der Waals surface area contributed by atoms with E-state index in [0.29, 0.717) is 31.3 Å². The zero-order chi connectivity index (χ0) is 26.7. The van der Waals surface area contributed by atoms with Crippen molar-refractivity contribution in [2.24, 2.45) is 34.0 Å². The third-order valence-electron chi connectivity index (χ3n) is 9.46. The lowest BCUT2D eigenvalue weighted by molar-refractivity contribution is -0.172. The maximum absolute atomic E-state index is 14.8. The summed E-state index contributed by atoms with van der Waals surface area (Å²) in [6.07, 6.45) is 6.57. The highest BCUT2D eigenvalue weighted by atomic mass is 16.3. The lowest BCUT2D eigenvalue weighted by atomic mass is 9.38. The summed E-state index contributed by atoms with van der Waals surface area (Å²) in [4.78, 5) is 43.6. The van der Waals surface area contributed by atoms with Crippen LogP contribution < -0.4 is 0 Å². The van der Waals surface area contributed by atoms with E-state index >= 15 is 0 Å². The van der Waals surface area contributed by atoms with E-state index in [-0.39, 0.29) is 35.1 Å². The number of allylic oxidation sites excluding steroid dienone is 6. The van der Waals surface area contributed by atoms with Crippen molar-refractivity contribution in [1.82, 2.24) is 0 Å². The Kier molecular flexibility index (Phi) is 7.09. The molecule has 1 fully saturated rings. The van der Waals surface area contributed by atoms with Gasteiger partial charge in [0, 0.05) is 5.92 Å². The first-order chi connectivity index (χ1) is 15.9. The number of rotatable bonds is 7. The molecular weight excluding hydrogens is 436 g/mol. The Labute approximate surface area is 212 Å². The van der Waals surface area contributed by atoms with Crippen LogP contribution in [0.25, 0.3) is 0 Å². The molecule has 0 aromatic heterocycles. The molecule has 0 aromatic rings. The zero-order valence-corrected chi connectivity index (χ0v) is 23.6. The van der Waals surface area contributed by atoms with Crippen molar-refractivity contribution in [2.45, 2.75) is 107 Å². The van der Waals surface area contributed by atoms with E-state index in [1.165, 1.54) is 5.57 Å². The largest absolute Gasteiger partial charge is 0.390 e. The Balaban J connectivity index is 2.39. The van der Waals surface area contributed by atoms with E-state index in [1.54, 1.807) is 13.8 Å². The Bertz CT molecular complexity index is 1020. The molecule has 3 aliphatic carbocycles. The Morgan fingerprint density at radius 3 is 2.11 bits per heavy atom. The summed E-state index contributed by atoms with van der Waals surface area (Å²) in [5.74, 6) is -0.838. The predicted molar refractivity (Wildman–Crippen MR) is 141 cm³/mol. The van der Waals surface area contributed by atoms with Gasteiger partial charge in [-0.25, -0.2) is 0 Å². The summed E-state index contributed by atoms with van der Waals surface area (Å²) < 4.78 is 0. The van der Waals surface area contributed by atoms with Crippen molar-refractivity contribution in [1.29, 1.82) is 0 Å². The average molecular weight is 483 g/mol. The molecular formula is C31H46O4. The molecule has 0 heterocycles. The van der Waals surface area contributed by atoms with Gasteiger partial charge < -0.3 is 5.11 Å². The van der Waals surface area contributed by atoms with Crippen LogP contribution in [-0.4, -0.2) is 28.1 Å². The highest BCUT2D eigenvalue weighted by molar-refractivity contribution is 6.28. The molecule has 0 unspecified atom stereocenters. The van der Waals surface area contributed by atoms with Crippen molar-refractivity contribution in [3.63, 3.8) is 0 Å². The molecule has 4 heteroatoms. The first-order valence-corrected chi connectivity index (χ1v) is 13.3. The minimum absolute atomic E-state index is 0.00236. The summed E-state index contributed by atoms with van der Waals surface area (Å²) in [5.41, 5.74) is -0.538. The van der Waals surface area contributed by atoms with Gasteiger partial charge in [0.25, 0.3) is 0 Å². The lowest BCUT2D eigenvalue weighted by Gasteiger charge is -2.60. The van der Waals surface area contributed by atoms with Gasteiger partial charge in [0.05, 0.1) is 5.60 Å². The fourth-order valence-corrected chi connectivity index (χ4v) is 7.02. The smallest absolute Gasteiger partial charge is 0.173 e. The van der Waals surface area contributed by atoms with Crippen LogP contribution in [0.3, 0.4) is 0 Å². The quantitative estimate of drug-likeness (QED) is 0.329. The van der Waals surface area contributed by atoms with Crippen molar-refractivity contribution in [3.05, 3.63) is 34.4 Å². The van der Waals surface area contributed by atoms with E-state index < -0.39 is 21.8 Å². The Morgan fingerprint density at radius 1 is 1.06 bits per heavy atom. The SMILES string of the molecule is CC(C)=CC[C@H]1C[C@]2(C(=O)C(C)C)C(=O)[C@@](CC=C(C)C)(C(=O)C3=C2C[C@@H](C(C)(C)O)C3)C1(C)C. The molecule has 0 radical (unpaired) electrons. The van der Waals surface area contributed by atoms with Gasteiger partial charge in [-0.3, -0.25) is 14.4 Å². The van der Waals surface area contributed by atoms with E-state index in [2.05, 4.69) is 33.8 Å². The maximum Gasteiger partial charge on any atom is 0.173 e. The minimum atomic E-state index is -1.28. The van der Waals surface area contributed by atoms with Crippen LogP contribution in [0.5, 0.6) is 0 Å². The third kappa shape index (κ3) is 4.04. The fraction of sp³-hybridized carbons (Fsp3) is 0.710. The van der Waals surface area contributed by atoms with Crippen LogP contribution in [-0.2, 0) is 14.4 Å². The van der Waals surface area contributed by atoms with E-state index in [0.717, 1.165) is 17.6 Å².